The summed E-state index contributed by atoms with van der Waals surface area (Å²) in [4.78, 5) is 125. The molecule has 0 spiro atoms. The molecule has 12 nitrogen and oxygen atoms in total. The molecule has 0 radical (unpaired) electrons. The molecule has 127 heavy (non-hydrogen) atoms. The van der Waals surface area contributed by atoms with Crippen molar-refractivity contribution in [2.45, 2.75) is 248 Å². The maximum atomic E-state index is 16.8. The number of rotatable bonds is 32. The molecule has 0 unspecified atom stereocenters. The number of nitrogens with zero attached hydrogens (tertiary/aromatic N) is 4. The number of carbonyl (C=O) groups excluding carboxylic acids is 8. The Morgan fingerprint density at radius 3 is 0.748 bits per heavy atom. The van der Waals surface area contributed by atoms with Crippen LogP contribution in [0.5, 0.6) is 0 Å². The summed E-state index contributed by atoms with van der Waals surface area (Å²) in [6, 6.07) is 42.2. The van der Waals surface area contributed by atoms with Crippen LogP contribution in [0.3, 0.4) is 0 Å². The van der Waals surface area contributed by atoms with E-state index in [-0.39, 0.29) is 59.9 Å². The molecule has 12 aromatic rings. The molecule has 0 bridgehead atoms. The molecular formula is C107H98F6N4O8S2. The predicted molar refractivity (Wildman–Crippen MR) is 496 cm³/mol. The second kappa shape index (κ2) is 31.8. The van der Waals surface area contributed by atoms with Gasteiger partial charge in [0.15, 0.2) is 0 Å². The minimum absolute atomic E-state index is 0.182. The Morgan fingerprint density at radius 2 is 0.512 bits per heavy atom. The average molecular weight is 1750 g/mol. The molecule has 0 aromatic heterocycles. The van der Waals surface area contributed by atoms with Gasteiger partial charge in [-0.15, -0.1) is 23.5 Å². The van der Waals surface area contributed by atoms with Gasteiger partial charge in [0, 0.05) is 99.1 Å². The molecule has 20 heteroatoms. The standard InChI is InChI=1S/C107H98F6N4O8S2/c1-7-11-15-19-23-27-63(28-24-20-16-12-8-2)116-99(122)77-51-43-69-65-39-47-73-89-74(48-40-66(85(65)89)70-44-52-78(100(116)123)91(77)87(69)70)96(119)114(95(73)118)57-59-31-35-61(36-32-59)83-55-81-93-94(106(110,111)107(112,113)105(93,108)109)82-56-84(127-104(82,6)103(81,5)126-83)62-37-33-60(34-38-62)58-115-97(120)75-49-41-67-71-45-53-79-92-80(54-46-72(88(71)92)68-42-50-76(98(115)121)90(75)86(67)68)102(125)117(101(79)124)64(29-25-21-17-13-9-3)30-26-22-18-14-10-4/h31-56,63-64H,7-30,57-58H2,1-6H3/t103-,104-/m1/s1. The molecule has 8 aliphatic rings. The molecule has 2 aliphatic carbocycles. The molecule has 6 heterocycles. The van der Waals surface area contributed by atoms with Crippen molar-refractivity contribution in [2.75, 3.05) is 0 Å². The molecule has 8 amide bonds. The highest BCUT2D eigenvalue weighted by Crippen LogP contribution is 2.75. The lowest BCUT2D eigenvalue weighted by molar-refractivity contribution is -0.258. The maximum absolute atomic E-state index is 16.8. The molecule has 20 rings (SSSR count). The van der Waals surface area contributed by atoms with E-state index >= 15 is 26.3 Å². The van der Waals surface area contributed by atoms with Crippen molar-refractivity contribution >= 4 is 167 Å². The van der Waals surface area contributed by atoms with E-state index in [0.717, 1.165) is 241 Å². The number of benzene rings is 12. The summed E-state index contributed by atoms with van der Waals surface area (Å²) in [5, 5.41) is 11.2. The summed E-state index contributed by atoms with van der Waals surface area (Å²) in [5.41, 5.74) is 1.42. The van der Waals surface area contributed by atoms with Gasteiger partial charge in [0.1, 0.15) is 0 Å². The molecular weight excluding hydrogens is 1650 g/mol. The second-order valence-electron chi connectivity index (χ2n) is 36.7. The zero-order valence-corrected chi connectivity index (χ0v) is 73.8. The first-order chi connectivity index (χ1) is 61.2. The molecule has 2 atom stereocenters. The van der Waals surface area contributed by atoms with Crippen molar-refractivity contribution in [3.63, 3.8) is 0 Å². The normalized spacial score (nSPS) is 19.8. The van der Waals surface area contributed by atoms with Crippen LogP contribution in [0.1, 0.15) is 301 Å². The third-order valence-electron chi connectivity index (χ3n) is 29.3. The van der Waals surface area contributed by atoms with Gasteiger partial charge >= 0.3 is 17.8 Å². The van der Waals surface area contributed by atoms with Gasteiger partial charge in [-0.25, -0.2) is 0 Å². The number of alkyl halides is 6. The molecule has 0 N–H and O–H groups in total. The van der Waals surface area contributed by atoms with Gasteiger partial charge in [-0.05, 0) is 198 Å². The topological polar surface area (TPSA) is 150 Å². The summed E-state index contributed by atoms with van der Waals surface area (Å²) in [6.07, 6.45) is 27.0. The number of carbonyl (C=O) groups is 8. The summed E-state index contributed by atoms with van der Waals surface area (Å²) in [7, 11) is 0. The van der Waals surface area contributed by atoms with Crippen LogP contribution in [0.15, 0.2) is 180 Å². The average Bonchev–Trinajstić information content (AvgIpc) is 1.48. The monoisotopic (exact) mass is 1740 g/mol. The van der Waals surface area contributed by atoms with E-state index in [0.29, 0.717) is 109 Å². The number of unbranched alkanes of at least 4 members (excludes halogenated alkanes) is 16. The van der Waals surface area contributed by atoms with Gasteiger partial charge in [-0.2, -0.15) is 26.3 Å². The maximum Gasteiger partial charge on any atom is 0.380 e. The number of hydrogen-bond donors (Lipinski definition) is 0. The van der Waals surface area contributed by atoms with Gasteiger partial charge < -0.3 is 0 Å². The van der Waals surface area contributed by atoms with Crippen molar-refractivity contribution in [2.24, 2.45) is 0 Å². The van der Waals surface area contributed by atoms with E-state index < -0.39 is 62.0 Å². The lowest BCUT2D eigenvalue weighted by atomic mass is 9.71. The van der Waals surface area contributed by atoms with E-state index in [1.165, 1.54) is 22.0 Å². The van der Waals surface area contributed by atoms with Crippen molar-refractivity contribution in [3.8, 4) is 0 Å². The van der Waals surface area contributed by atoms with Crippen molar-refractivity contribution < 1.29 is 64.7 Å². The smallest absolute Gasteiger partial charge is 0.271 e. The summed E-state index contributed by atoms with van der Waals surface area (Å²) in [5.74, 6) is -19.8. The Labute approximate surface area is 741 Å². The van der Waals surface area contributed by atoms with Crippen LogP contribution >= 0.6 is 23.5 Å². The highest BCUT2D eigenvalue weighted by Gasteiger charge is 2.84. The van der Waals surface area contributed by atoms with Crippen LogP contribution in [0.25, 0.3) is 96.0 Å². The van der Waals surface area contributed by atoms with Gasteiger partial charge in [-0.1, -0.05) is 253 Å². The quantitative estimate of drug-likeness (QED) is 0.0131. The fourth-order valence-corrected chi connectivity index (χ4v) is 25.6. The Hall–Kier alpha value is -11.0. The van der Waals surface area contributed by atoms with Crippen LogP contribution in [0, 0.1) is 0 Å². The highest BCUT2D eigenvalue weighted by molar-refractivity contribution is 8.14. The van der Waals surface area contributed by atoms with E-state index in [9.17, 15) is 38.4 Å². The number of hydrogen-bond acceptors (Lipinski definition) is 10. The Bertz CT molecular complexity index is 6230. The number of allylic oxidation sites excluding steroid dienone is 4. The summed E-state index contributed by atoms with van der Waals surface area (Å²) < 4.78 is 96.3. The first-order valence-corrected chi connectivity index (χ1v) is 47.4. The number of imide groups is 4. The summed E-state index contributed by atoms with van der Waals surface area (Å²) >= 11 is 2.20. The molecule has 12 aromatic carbocycles. The minimum Gasteiger partial charge on any atom is -0.271 e. The highest BCUT2D eigenvalue weighted by atomic mass is 32.2. The lowest BCUT2D eigenvalue weighted by Gasteiger charge is -2.47. The molecule has 0 saturated heterocycles. The Balaban J connectivity index is 0.544. The summed E-state index contributed by atoms with van der Waals surface area (Å²) in [6.45, 7) is 11.6. The molecule has 6 aliphatic heterocycles. The van der Waals surface area contributed by atoms with E-state index in [1.54, 1.807) is 86.6 Å². The van der Waals surface area contributed by atoms with Gasteiger partial charge in [0.05, 0.1) is 22.6 Å². The van der Waals surface area contributed by atoms with E-state index in [4.69, 9.17) is 0 Å². The Morgan fingerprint density at radius 1 is 0.283 bits per heavy atom. The number of halogens is 6. The SMILES string of the molecule is CCCCCCCC(CCCCCCC)N1C(=O)c2ccc3c4ccc5c6c(ccc(c7ccc(c2c37)C1=O)c64)C(=O)N(Cc1ccc(C2=CC3=C4C(=C6C=C(c7ccc(CN8C(=O)c9ccc%10c%11ccc%12c%13c(ccc(c%14ccc(c9c%10%14)C8=O)c%13%11)C(=O)N(C(CCCCCCC)CCCCCCC)C%12=O)cc7)S[C@@]6(C)[C@]3(C)S2)C(F)(F)C(F)(F)C4(F)F)cc1)C5=O. The zero-order valence-electron chi connectivity index (χ0n) is 72.2. The number of amides is 8. The van der Waals surface area contributed by atoms with Gasteiger partial charge in [0.25, 0.3) is 47.3 Å². The first-order valence-electron chi connectivity index (χ1n) is 45.8. The van der Waals surface area contributed by atoms with Gasteiger partial charge in [0.2, 0.25) is 0 Å². The van der Waals surface area contributed by atoms with E-state index in [2.05, 4.69) is 27.7 Å². The largest absolute Gasteiger partial charge is 0.380 e. The second-order valence-corrected chi connectivity index (χ2v) is 39.7. The molecule has 1 saturated carbocycles. The van der Waals surface area contributed by atoms with Gasteiger partial charge in [-0.3, -0.25) is 58.0 Å². The van der Waals surface area contributed by atoms with E-state index in [1.807, 2.05) is 72.8 Å². The third-order valence-corrected chi connectivity index (χ3v) is 32.6. The third kappa shape index (κ3) is 12.6. The number of thioether (sulfide) groups is 2. The van der Waals surface area contributed by atoms with Crippen molar-refractivity contribution in [1.82, 2.24) is 19.6 Å². The van der Waals surface area contributed by atoms with Crippen LogP contribution in [-0.2, 0) is 13.1 Å². The van der Waals surface area contributed by atoms with Crippen LogP contribution in [0.4, 0.5) is 26.3 Å². The fraction of sp³-hybridized carbons (Fsp3) is 0.364. The van der Waals surface area contributed by atoms with Crippen LogP contribution in [-0.4, -0.2) is 106 Å². The molecule has 1 fully saturated rings. The van der Waals surface area contributed by atoms with Crippen molar-refractivity contribution in [3.05, 3.63) is 247 Å². The van der Waals surface area contributed by atoms with Crippen LogP contribution < -0.4 is 0 Å². The minimum atomic E-state index is -5.81. The van der Waals surface area contributed by atoms with Crippen LogP contribution in [0.2, 0.25) is 0 Å². The fourth-order valence-electron chi connectivity index (χ4n) is 22.5. The zero-order chi connectivity index (χ0) is 88.4. The van der Waals surface area contributed by atoms with Crippen molar-refractivity contribution in [1.29, 1.82) is 0 Å². The Kier molecular flexibility index (Phi) is 21.1. The number of fused-ring (bicyclic) bond motifs is 8. The lowest BCUT2D eigenvalue weighted by Crippen LogP contribution is -2.48. The molecule has 648 valence electrons. The predicted octanol–water partition coefficient (Wildman–Crippen LogP) is 27.7. The first kappa shape index (κ1) is 84.2.